The van der Waals surface area contributed by atoms with Gasteiger partial charge in [0.05, 0.1) is 5.76 Å². The van der Waals surface area contributed by atoms with Gasteiger partial charge in [-0.15, -0.1) is 0 Å². The summed E-state index contributed by atoms with van der Waals surface area (Å²) in [6.45, 7) is 3.94. The Kier molecular flexibility index (Phi) is 4.03. The van der Waals surface area contributed by atoms with Gasteiger partial charge in [0, 0.05) is 13.0 Å². The van der Waals surface area contributed by atoms with Crippen molar-refractivity contribution in [3.05, 3.63) is 23.5 Å². The standard InChI is InChI=1S/C11H19NO/c1-10-4-6-11(7-5-10)13-9-8-12(2)3/h4,6H,5,7-9H2,1-3H3. The van der Waals surface area contributed by atoms with Crippen LogP contribution in [0, 0.1) is 0 Å². The zero-order valence-electron chi connectivity index (χ0n) is 8.84. The van der Waals surface area contributed by atoms with Gasteiger partial charge in [-0.1, -0.05) is 11.6 Å². The Hall–Kier alpha value is -0.760. The second-order valence-corrected chi connectivity index (χ2v) is 3.80. The SMILES string of the molecule is CC1=CC=C(OCCN(C)C)CC1. The lowest BCUT2D eigenvalue weighted by Crippen LogP contribution is -2.18. The van der Waals surface area contributed by atoms with E-state index in [2.05, 4.69) is 38.1 Å². The molecule has 1 aliphatic carbocycles. The zero-order valence-corrected chi connectivity index (χ0v) is 8.84. The molecule has 0 aromatic carbocycles. The first kappa shape index (κ1) is 10.3. The van der Waals surface area contributed by atoms with Crippen molar-refractivity contribution in [2.45, 2.75) is 19.8 Å². The van der Waals surface area contributed by atoms with Crippen LogP contribution >= 0.6 is 0 Å². The van der Waals surface area contributed by atoms with Crippen LogP contribution in [-0.2, 0) is 4.74 Å². The van der Waals surface area contributed by atoms with Gasteiger partial charge in [-0.05, 0) is 33.5 Å². The monoisotopic (exact) mass is 181 g/mol. The summed E-state index contributed by atoms with van der Waals surface area (Å²) in [4.78, 5) is 2.13. The van der Waals surface area contributed by atoms with Gasteiger partial charge in [0.1, 0.15) is 6.61 Å². The highest BCUT2D eigenvalue weighted by Gasteiger charge is 2.03. The van der Waals surface area contributed by atoms with E-state index in [9.17, 15) is 0 Å². The van der Waals surface area contributed by atoms with Crippen LogP contribution in [0.2, 0.25) is 0 Å². The molecule has 2 nitrogen and oxygen atoms in total. The Bertz CT molecular complexity index is 216. The molecule has 1 rings (SSSR count). The van der Waals surface area contributed by atoms with E-state index in [1.807, 2.05) is 0 Å². The number of ether oxygens (including phenoxy) is 1. The first-order valence-electron chi connectivity index (χ1n) is 4.82. The molecule has 0 radical (unpaired) electrons. The van der Waals surface area contributed by atoms with Crippen LogP contribution in [0.15, 0.2) is 23.5 Å². The summed E-state index contributed by atoms with van der Waals surface area (Å²) in [5, 5.41) is 0. The molecule has 0 N–H and O–H groups in total. The normalized spacial score (nSPS) is 16.9. The molecule has 74 valence electrons. The number of allylic oxidation sites excluding steroid dienone is 4. The fourth-order valence-corrected chi connectivity index (χ4v) is 1.20. The summed E-state index contributed by atoms with van der Waals surface area (Å²) in [6, 6.07) is 0. The van der Waals surface area contributed by atoms with Crippen molar-refractivity contribution < 1.29 is 4.74 Å². The fourth-order valence-electron chi connectivity index (χ4n) is 1.20. The van der Waals surface area contributed by atoms with Crippen LogP contribution in [0.25, 0.3) is 0 Å². The van der Waals surface area contributed by atoms with Crippen molar-refractivity contribution in [2.24, 2.45) is 0 Å². The number of hydrogen-bond donors (Lipinski definition) is 0. The lowest BCUT2D eigenvalue weighted by molar-refractivity contribution is 0.175. The molecule has 0 bridgehead atoms. The average molecular weight is 181 g/mol. The van der Waals surface area contributed by atoms with Crippen molar-refractivity contribution in [3.8, 4) is 0 Å². The predicted octanol–water partition coefficient (Wildman–Crippen LogP) is 2.19. The maximum Gasteiger partial charge on any atom is 0.100 e. The topological polar surface area (TPSA) is 12.5 Å². The second kappa shape index (κ2) is 5.07. The molecule has 0 heterocycles. The molecule has 0 saturated carbocycles. The van der Waals surface area contributed by atoms with E-state index in [1.54, 1.807) is 0 Å². The lowest BCUT2D eigenvalue weighted by atomic mass is 10.1. The fraction of sp³-hybridized carbons (Fsp3) is 0.636. The van der Waals surface area contributed by atoms with E-state index in [0.717, 1.165) is 31.8 Å². The lowest BCUT2D eigenvalue weighted by Gasteiger charge is -2.15. The molecule has 0 unspecified atom stereocenters. The van der Waals surface area contributed by atoms with Gasteiger partial charge in [0.25, 0.3) is 0 Å². The minimum absolute atomic E-state index is 0.797. The number of rotatable bonds is 4. The maximum atomic E-state index is 5.62. The highest BCUT2D eigenvalue weighted by Crippen LogP contribution is 2.18. The largest absolute Gasteiger partial charge is 0.497 e. The first-order valence-corrected chi connectivity index (χ1v) is 4.82. The molecule has 0 atom stereocenters. The Morgan fingerprint density at radius 3 is 2.62 bits per heavy atom. The average Bonchev–Trinajstić information content (AvgIpc) is 2.08. The first-order chi connectivity index (χ1) is 6.18. The van der Waals surface area contributed by atoms with E-state index in [1.165, 1.54) is 5.57 Å². The Labute approximate surface area is 80.9 Å². The van der Waals surface area contributed by atoms with Gasteiger partial charge < -0.3 is 9.64 Å². The minimum atomic E-state index is 0.797. The molecule has 0 saturated heterocycles. The van der Waals surface area contributed by atoms with Crippen LogP contribution in [-0.4, -0.2) is 32.1 Å². The van der Waals surface area contributed by atoms with Crippen LogP contribution < -0.4 is 0 Å². The van der Waals surface area contributed by atoms with Crippen molar-refractivity contribution >= 4 is 0 Å². The summed E-state index contributed by atoms with van der Waals surface area (Å²) in [7, 11) is 4.12. The van der Waals surface area contributed by atoms with Crippen molar-refractivity contribution in [2.75, 3.05) is 27.2 Å². The number of likely N-dealkylation sites (N-methyl/N-ethyl adjacent to an activating group) is 1. The molecule has 0 spiro atoms. The molecular weight excluding hydrogens is 162 g/mol. The second-order valence-electron chi connectivity index (χ2n) is 3.80. The molecular formula is C11H19NO. The summed E-state index contributed by atoms with van der Waals surface area (Å²) in [6.07, 6.45) is 6.45. The van der Waals surface area contributed by atoms with Crippen LogP contribution in [0.1, 0.15) is 19.8 Å². The third kappa shape index (κ3) is 4.13. The molecule has 2 heteroatoms. The summed E-state index contributed by atoms with van der Waals surface area (Å²) >= 11 is 0. The van der Waals surface area contributed by atoms with Crippen LogP contribution in [0.4, 0.5) is 0 Å². The van der Waals surface area contributed by atoms with Gasteiger partial charge in [-0.25, -0.2) is 0 Å². The molecule has 13 heavy (non-hydrogen) atoms. The Balaban J connectivity index is 2.22. The summed E-state index contributed by atoms with van der Waals surface area (Å²) in [5.74, 6) is 1.13. The smallest absolute Gasteiger partial charge is 0.100 e. The van der Waals surface area contributed by atoms with Crippen LogP contribution in [0.3, 0.4) is 0 Å². The Morgan fingerprint density at radius 2 is 2.08 bits per heavy atom. The van der Waals surface area contributed by atoms with Crippen molar-refractivity contribution in [1.29, 1.82) is 0 Å². The van der Waals surface area contributed by atoms with Gasteiger partial charge in [0.15, 0.2) is 0 Å². The molecule has 0 amide bonds. The van der Waals surface area contributed by atoms with Crippen molar-refractivity contribution in [3.63, 3.8) is 0 Å². The quantitative estimate of drug-likeness (QED) is 0.659. The summed E-state index contributed by atoms with van der Waals surface area (Å²) < 4.78 is 5.62. The van der Waals surface area contributed by atoms with Gasteiger partial charge in [0.2, 0.25) is 0 Å². The third-order valence-electron chi connectivity index (χ3n) is 2.15. The van der Waals surface area contributed by atoms with Gasteiger partial charge in [-0.3, -0.25) is 0 Å². The van der Waals surface area contributed by atoms with E-state index in [4.69, 9.17) is 4.74 Å². The maximum absolute atomic E-state index is 5.62. The van der Waals surface area contributed by atoms with Crippen molar-refractivity contribution in [1.82, 2.24) is 4.90 Å². The molecule has 1 aliphatic rings. The highest BCUT2D eigenvalue weighted by atomic mass is 16.5. The zero-order chi connectivity index (χ0) is 9.68. The Morgan fingerprint density at radius 1 is 1.31 bits per heavy atom. The van der Waals surface area contributed by atoms with Gasteiger partial charge >= 0.3 is 0 Å². The number of nitrogens with zero attached hydrogens (tertiary/aromatic N) is 1. The molecule has 0 fully saturated rings. The molecule has 0 aliphatic heterocycles. The van der Waals surface area contributed by atoms with E-state index < -0.39 is 0 Å². The summed E-state index contributed by atoms with van der Waals surface area (Å²) in [5.41, 5.74) is 1.44. The van der Waals surface area contributed by atoms with E-state index >= 15 is 0 Å². The van der Waals surface area contributed by atoms with Gasteiger partial charge in [-0.2, -0.15) is 0 Å². The molecule has 0 aromatic rings. The van der Waals surface area contributed by atoms with E-state index in [0.29, 0.717) is 0 Å². The van der Waals surface area contributed by atoms with E-state index in [-0.39, 0.29) is 0 Å². The third-order valence-corrected chi connectivity index (χ3v) is 2.15. The minimum Gasteiger partial charge on any atom is -0.497 e. The highest BCUT2D eigenvalue weighted by molar-refractivity contribution is 5.19. The van der Waals surface area contributed by atoms with Crippen LogP contribution in [0.5, 0.6) is 0 Å². The molecule has 0 aromatic heterocycles. The number of hydrogen-bond acceptors (Lipinski definition) is 2. The predicted molar refractivity (Wildman–Crippen MR) is 55.6 cm³/mol.